The van der Waals surface area contributed by atoms with Crippen molar-refractivity contribution in [2.75, 3.05) is 0 Å². The molecule has 3 nitrogen and oxygen atoms in total. The number of hydrogen-bond donors (Lipinski definition) is 2. The van der Waals surface area contributed by atoms with Crippen LogP contribution >= 0.6 is 0 Å². The molecule has 0 spiro atoms. The van der Waals surface area contributed by atoms with E-state index in [2.05, 4.69) is 6.92 Å². The van der Waals surface area contributed by atoms with Gasteiger partial charge in [0, 0.05) is 17.0 Å². The van der Waals surface area contributed by atoms with Crippen molar-refractivity contribution in [3.63, 3.8) is 0 Å². The van der Waals surface area contributed by atoms with E-state index in [0.717, 1.165) is 16.7 Å². The number of ether oxygens (including phenoxy) is 1. The molecule has 2 atom stereocenters. The summed E-state index contributed by atoms with van der Waals surface area (Å²) in [5.41, 5.74) is 3.28. The van der Waals surface area contributed by atoms with Crippen molar-refractivity contribution in [2.24, 2.45) is 0 Å². The van der Waals surface area contributed by atoms with Gasteiger partial charge in [-0.1, -0.05) is 6.92 Å². The highest BCUT2D eigenvalue weighted by Gasteiger charge is 2.30. The van der Waals surface area contributed by atoms with Crippen LogP contribution in [-0.2, 0) is 11.3 Å². The maximum Gasteiger partial charge on any atom is 0.128 e. The van der Waals surface area contributed by atoms with E-state index in [-0.39, 0.29) is 23.5 Å². The first kappa shape index (κ1) is 11.3. The van der Waals surface area contributed by atoms with Crippen LogP contribution in [0.3, 0.4) is 0 Å². The first-order valence-electron chi connectivity index (χ1n) is 5.60. The van der Waals surface area contributed by atoms with Gasteiger partial charge in [0.1, 0.15) is 11.5 Å². The molecule has 0 bridgehead atoms. The third-order valence-electron chi connectivity index (χ3n) is 3.73. The van der Waals surface area contributed by atoms with E-state index < -0.39 is 0 Å². The number of fused-ring (bicyclic) bond motifs is 1. The first-order chi connectivity index (χ1) is 7.45. The molecule has 0 saturated carbocycles. The van der Waals surface area contributed by atoms with Gasteiger partial charge in [0.15, 0.2) is 0 Å². The fourth-order valence-corrected chi connectivity index (χ4v) is 2.46. The Hall–Kier alpha value is -1.22. The van der Waals surface area contributed by atoms with Crippen molar-refractivity contribution in [1.29, 1.82) is 0 Å². The van der Waals surface area contributed by atoms with Crippen LogP contribution in [0.5, 0.6) is 11.5 Å². The molecule has 1 aromatic carbocycles. The molecule has 0 aliphatic carbocycles. The van der Waals surface area contributed by atoms with Crippen LogP contribution in [0.2, 0.25) is 0 Å². The third kappa shape index (κ3) is 1.39. The topological polar surface area (TPSA) is 49.7 Å². The summed E-state index contributed by atoms with van der Waals surface area (Å²) < 4.78 is 5.61. The number of hydrogen-bond acceptors (Lipinski definition) is 3. The Morgan fingerprint density at radius 3 is 2.31 bits per heavy atom. The van der Waals surface area contributed by atoms with Gasteiger partial charge in [0.05, 0.1) is 12.7 Å². The molecule has 88 valence electrons. The molecule has 0 unspecified atom stereocenters. The maximum absolute atomic E-state index is 10.0. The van der Waals surface area contributed by atoms with Gasteiger partial charge < -0.3 is 14.9 Å². The highest BCUT2D eigenvalue weighted by molar-refractivity contribution is 5.58. The lowest BCUT2D eigenvalue weighted by Gasteiger charge is -2.32. The second kappa shape index (κ2) is 3.67. The number of phenols is 2. The van der Waals surface area contributed by atoms with Crippen molar-refractivity contribution in [2.45, 2.75) is 46.3 Å². The number of aromatic hydroxyl groups is 2. The molecule has 1 heterocycles. The Kier molecular flexibility index (Phi) is 2.58. The molecule has 1 aromatic rings. The van der Waals surface area contributed by atoms with Crippen molar-refractivity contribution < 1.29 is 14.9 Å². The van der Waals surface area contributed by atoms with Crippen LogP contribution in [0, 0.1) is 13.8 Å². The van der Waals surface area contributed by atoms with Crippen molar-refractivity contribution >= 4 is 0 Å². The number of benzene rings is 1. The zero-order valence-corrected chi connectivity index (χ0v) is 10.2. The molecule has 16 heavy (non-hydrogen) atoms. The monoisotopic (exact) mass is 222 g/mol. The van der Waals surface area contributed by atoms with E-state index >= 15 is 0 Å². The number of rotatable bonds is 0. The molecule has 3 heteroatoms. The minimum absolute atomic E-state index is 0.118. The minimum atomic E-state index is 0.118. The minimum Gasteiger partial charge on any atom is -0.507 e. The van der Waals surface area contributed by atoms with E-state index in [1.54, 1.807) is 6.92 Å². The van der Waals surface area contributed by atoms with Gasteiger partial charge >= 0.3 is 0 Å². The first-order valence-corrected chi connectivity index (χ1v) is 5.60. The van der Waals surface area contributed by atoms with Crippen LogP contribution in [-0.4, -0.2) is 16.3 Å². The van der Waals surface area contributed by atoms with Gasteiger partial charge in [-0.15, -0.1) is 0 Å². The molecular formula is C13H18O3. The van der Waals surface area contributed by atoms with Crippen LogP contribution < -0.4 is 0 Å². The zero-order valence-electron chi connectivity index (χ0n) is 10.2. The predicted octanol–water partition coefficient (Wildman–Crippen LogP) is 2.74. The summed E-state index contributed by atoms with van der Waals surface area (Å²) in [5.74, 6) is 0.579. The van der Waals surface area contributed by atoms with Crippen LogP contribution in [0.1, 0.15) is 42.0 Å². The summed E-state index contributed by atoms with van der Waals surface area (Å²) in [4.78, 5) is 0. The quantitative estimate of drug-likeness (QED) is 0.709. The van der Waals surface area contributed by atoms with Gasteiger partial charge in [-0.2, -0.15) is 0 Å². The molecule has 0 radical (unpaired) electrons. The van der Waals surface area contributed by atoms with Gasteiger partial charge in [-0.3, -0.25) is 0 Å². The summed E-state index contributed by atoms with van der Waals surface area (Å²) in [6, 6.07) is 0. The van der Waals surface area contributed by atoms with E-state index in [1.165, 1.54) is 0 Å². The second-order valence-electron chi connectivity index (χ2n) is 4.64. The van der Waals surface area contributed by atoms with Crippen molar-refractivity contribution in [1.82, 2.24) is 0 Å². The molecule has 0 fully saturated rings. The SMILES string of the molecule is Cc1c(O)c(C)c2c(c1O)CO[C@H](C)[C@H]2C. The molecular weight excluding hydrogens is 204 g/mol. The van der Waals surface area contributed by atoms with Crippen LogP contribution in [0.25, 0.3) is 0 Å². The Bertz CT molecular complexity index is 438. The fourth-order valence-electron chi connectivity index (χ4n) is 2.46. The van der Waals surface area contributed by atoms with E-state index in [4.69, 9.17) is 4.74 Å². The summed E-state index contributed by atoms with van der Waals surface area (Å²) >= 11 is 0. The van der Waals surface area contributed by atoms with E-state index in [9.17, 15) is 10.2 Å². The zero-order chi connectivity index (χ0) is 12.0. The number of phenolic OH excluding ortho intramolecular Hbond substituents is 2. The molecule has 0 amide bonds. The van der Waals surface area contributed by atoms with Crippen molar-refractivity contribution in [3.05, 3.63) is 22.3 Å². The highest BCUT2D eigenvalue weighted by Crippen LogP contribution is 2.44. The summed E-state index contributed by atoms with van der Waals surface area (Å²) in [6.07, 6.45) is 0.118. The largest absolute Gasteiger partial charge is 0.507 e. The van der Waals surface area contributed by atoms with E-state index in [0.29, 0.717) is 12.2 Å². The van der Waals surface area contributed by atoms with E-state index in [1.807, 2.05) is 13.8 Å². The Morgan fingerprint density at radius 2 is 1.69 bits per heavy atom. The smallest absolute Gasteiger partial charge is 0.128 e. The van der Waals surface area contributed by atoms with Crippen molar-refractivity contribution in [3.8, 4) is 11.5 Å². The fraction of sp³-hybridized carbons (Fsp3) is 0.538. The second-order valence-corrected chi connectivity index (χ2v) is 4.64. The normalized spacial score (nSPS) is 24.2. The predicted molar refractivity (Wildman–Crippen MR) is 61.9 cm³/mol. The van der Waals surface area contributed by atoms with Gasteiger partial charge in [-0.05, 0) is 31.9 Å². The molecule has 1 aliphatic heterocycles. The highest BCUT2D eigenvalue weighted by atomic mass is 16.5. The van der Waals surface area contributed by atoms with Gasteiger partial charge in [0.2, 0.25) is 0 Å². The van der Waals surface area contributed by atoms with Crippen LogP contribution in [0.4, 0.5) is 0 Å². The molecule has 0 aromatic heterocycles. The van der Waals surface area contributed by atoms with Gasteiger partial charge in [0.25, 0.3) is 0 Å². The summed E-state index contributed by atoms with van der Waals surface area (Å²) in [6.45, 7) is 8.12. The summed E-state index contributed by atoms with van der Waals surface area (Å²) in [7, 11) is 0. The lowest BCUT2D eigenvalue weighted by molar-refractivity contribution is 0.0224. The summed E-state index contributed by atoms with van der Waals surface area (Å²) in [5, 5.41) is 20.0. The van der Waals surface area contributed by atoms with Crippen LogP contribution in [0.15, 0.2) is 0 Å². The lowest BCUT2D eigenvalue weighted by Crippen LogP contribution is -2.24. The average Bonchev–Trinajstić information content (AvgIpc) is 2.27. The molecule has 0 saturated heterocycles. The Balaban J connectivity index is 2.72. The molecule has 2 rings (SSSR count). The Labute approximate surface area is 95.7 Å². The third-order valence-corrected chi connectivity index (χ3v) is 3.73. The maximum atomic E-state index is 10.0. The molecule has 1 aliphatic rings. The van der Waals surface area contributed by atoms with Gasteiger partial charge in [-0.25, -0.2) is 0 Å². The standard InChI is InChI=1S/C13H18O3/c1-6-9(4)16-5-10-11(6)7(2)12(14)8(3)13(10)15/h6,9,14-15H,5H2,1-4H3/t6-,9-/m1/s1. The molecule has 2 N–H and O–H groups in total. The lowest BCUT2D eigenvalue weighted by atomic mass is 9.84. The Morgan fingerprint density at radius 1 is 1.06 bits per heavy atom. The average molecular weight is 222 g/mol.